The first-order valence-corrected chi connectivity index (χ1v) is 11.7. The number of hydrogen-bond acceptors (Lipinski definition) is 9. The number of thiazole rings is 1. The van der Waals surface area contributed by atoms with Gasteiger partial charge in [0.25, 0.3) is 0 Å². The Hall–Kier alpha value is -1.94. The van der Waals surface area contributed by atoms with Gasteiger partial charge < -0.3 is 21.1 Å². The molecule has 1 aliphatic heterocycles. The van der Waals surface area contributed by atoms with Gasteiger partial charge in [0.1, 0.15) is 4.70 Å². The molecule has 3 heterocycles. The molecular formula is C20H26N6OS2. The number of aliphatic hydroxyl groups excluding tert-OH is 1. The first-order valence-electron chi connectivity index (χ1n) is 9.91. The third kappa shape index (κ3) is 5.36. The van der Waals surface area contributed by atoms with Gasteiger partial charge in [-0.3, -0.25) is 0 Å². The van der Waals surface area contributed by atoms with Gasteiger partial charge >= 0.3 is 0 Å². The van der Waals surface area contributed by atoms with Crippen LogP contribution in [0, 0.1) is 0 Å². The number of aromatic nitrogens is 3. The molecule has 1 saturated heterocycles. The first kappa shape index (κ1) is 20.3. The van der Waals surface area contributed by atoms with E-state index in [-0.39, 0.29) is 12.6 Å². The van der Waals surface area contributed by atoms with E-state index < -0.39 is 0 Å². The summed E-state index contributed by atoms with van der Waals surface area (Å²) in [6, 6.07) is 10.6. The number of aliphatic hydroxyl groups is 1. The number of nitrogens with one attached hydrogen (secondary N) is 3. The Morgan fingerprint density at radius 3 is 2.76 bits per heavy atom. The minimum absolute atomic E-state index is 0.0387. The minimum Gasteiger partial charge on any atom is -0.394 e. The van der Waals surface area contributed by atoms with Crippen LogP contribution in [0.25, 0.3) is 10.3 Å². The predicted molar refractivity (Wildman–Crippen MR) is 121 cm³/mol. The van der Waals surface area contributed by atoms with Gasteiger partial charge in [-0.1, -0.05) is 53.4 Å². The molecule has 1 aromatic carbocycles. The van der Waals surface area contributed by atoms with Crippen molar-refractivity contribution in [2.45, 2.75) is 42.8 Å². The number of rotatable bonds is 8. The van der Waals surface area contributed by atoms with Crippen molar-refractivity contribution in [2.75, 3.05) is 30.3 Å². The molecule has 0 saturated carbocycles. The second-order valence-corrected chi connectivity index (χ2v) is 9.14. The number of benzene rings is 1. The van der Waals surface area contributed by atoms with Crippen LogP contribution in [-0.4, -0.2) is 51.8 Å². The zero-order valence-corrected chi connectivity index (χ0v) is 18.0. The van der Waals surface area contributed by atoms with E-state index in [1.54, 1.807) is 23.1 Å². The highest BCUT2D eigenvalue weighted by molar-refractivity contribution is 7.98. The van der Waals surface area contributed by atoms with Gasteiger partial charge in [0, 0.05) is 17.8 Å². The molecule has 154 valence electrons. The molecule has 0 radical (unpaired) electrons. The molecule has 0 aliphatic carbocycles. The molecule has 2 aromatic heterocycles. The van der Waals surface area contributed by atoms with Crippen LogP contribution in [-0.2, 0) is 5.75 Å². The SMILES string of the molecule is CC(CO)Nc1nc(SCc2ccccc2)nc2nc(NC3CCNCC3)sc12. The van der Waals surface area contributed by atoms with E-state index in [4.69, 9.17) is 15.0 Å². The number of anilines is 2. The maximum atomic E-state index is 9.47. The Bertz CT molecular complexity index is 929. The molecule has 3 aromatic rings. The fourth-order valence-electron chi connectivity index (χ4n) is 3.17. The Balaban J connectivity index is 1.58. The smallest absolute Gasteiger partial charge is 0.191 e. The minimum atomic E-state index is -0.0944. The molecular weight excluding hydrogens is 404 g/mol. The number of hydrogen-bond donors (Lipinski definition) is 4. The summed E-state index contributed by atoms with van der Waals surface area (Å²) < 4.78 is 0.922. The van der Waals surface area contributed by atoms with E-state index in [0.717, 1.165) is 47.3 Å². The summed E-state index contributed by atoms with van der Waals surface area (Å²) in [5.41, 5.74) is 1.93. The van der Waals surface area contributed by atoms with E-state index in [1.807, 2.05) is 25.1 Å². The predicted octanol–water partition coefficient (Wildman–Crippen LogP) is 3.34. The van der Waals surface area contributed by atoms with Crippen LogP contribution < -0.4 is 16.0 Å². The largest absolute Gasteiger partial charge is 0.394 e. The van der Waals surface area contributed by atoms with Crippen LogP contribution in [0.2, 0.25) is 0 Å². The number of thioether (sulfide) groups is 1. The van der Waals surface area contributed by atoms with E-state index in [0.29, 0.717) is 16.8 Å². The molecule has 4 N–H and O–H groups in total. The van der Waals surface area contributed by atoms with Crippen LogP contribution in [0.4, 0.5) is 10.9 Å². The molecule has 0 spiro atoms. The Morgan fingerprint density at radius 2 is 2.00 bits per heavy atom. The van der Waals surface area contributed by atoms with Crippen LogP contribution >= 0.6 is 23.1 Å². The average molecular weight is 431 g/mol. The molecule has 1 aliphatic rings. The molecule has 9 heteroatoms. The fourth-order valence-corrected chi connectivity index (χ4v) is 4.90. The standard InChI is InChI=1S/C20H26N6OS2/c1-13(11-27)22-17-16-18(26-20(29-16)23-15-7-9-21-10-8-15)25-19(24-17)28-12-14-5-3-2-4-6-14/h2-6,13,15,21,27H,7-12H2,1H3,(H2,22,23,24,25,26). The van der Waals surface area contributed by atoms with Crippen molar-refractivity contribution in [3.63, 3.8) is 0 Å². The maximum Gasteiger partial charge on any atom is 0.191 e. The summed E-state index contributed by atoms with van der Waals surface area (Å²) in [7, 11) is 0. The van der Waals surface area contributed by atoms with Gasteiger partial charge in [-0.15, -0.1) is 0 Å². The summed E-state index contributed by atoms with van der Waals surface area (Å²) in [6.07, 6.45) is 2.18. The zero-order valence-electron chi connectivity index (χ0n) is 16.4. The van der Waals surface area contributed by atoms with Crippen molar-refractivity contribution >= 4 is 44.4 Å². The van der Waals surface area contributed by atoms with Gasteiger partial charge in [-0.05, 0) is 38.4 Å². The number of nitrogens with zero attached hydrogens (tertiary/aromatic N) is 3. The van der Waals surface area contributed by atoms with Crippen LogP contribution in [0.5, 0.6) is 0 Å². The van der Waals surface area contributed by atoms with Gasteiger partial charge in [0.15, 0.2) is 21.8 Å². The normalized spacial score (nSPS) is 16.1. The first-order chi connectivity index (χ1) is 14.2. The van der Waals surface area contributed by atoms with Crippen LogP contribution in [0.3, 0.4) is 0 Å². The Morgan fingerprint density at radius 1 is 1.21 bits per heavy atom. The molecule has 0 bridgehead atoms. The number of fused-ring (bicyclic) bond motifs is 1. The summed E-state index contributed by atoms with van der Waals surface area (Å²) in [4.78, 5) is 14.2. The van der Waals surface area contributed by atoms with Gasteiger partial charge in [0.2, 0.25) is 0 Å². The molecule has 0 amide bonds. The quantitative estimate of drug-likeness (QED) is 0.319. The van der Waals surface area contributed by atoms with E-state index in [9.17, 15) is 5.11 Å². The van der Waals surface area contributed by atoms with Crippen molar-refractivity contribution in [1.82, 2.24) is 20.3 Å². The Kier molecular flexibility index (Phi) is 6.81. The lowest BCUT2D eigenvalue weighted by atomic mass is 10.1. The maximum absolute atomic E-state index is 9.47. The lowest BCUT2D eigenvalue weighted by molar-refractivity contribution is 0.281. The van der Waals surface area contributed by atoms with E-state index in [1.165, 1.54) is 5.56 Å². The molecule has 7 nitrogen and oxygen atoms in total. The summed E-state index contributed by atoms with van der Waals surface area (Å²) >= 11 is 3.17. The second kappa shape index (κ2) is 9.71. The molecule has 1 unspecified atom stereocenters. The van der Waals surface area contributed by atoms with Gasteiger partial charge in [-0.2, -0.15) is 4.98 Å². The highest BCUT2D eigenvalue weighted by Gasteiger charge is 2.18. The number of piperidine rings is 1. The molecule has 4 rings (SSSR count). The van der Waals surface area contributed by atoms with Crippen molar-refractivity contribution in [3.05, 3.63) is 35.9 Å². The summed E-state index contributed by atoms with van der Waals surface area (Å²) in [6.45, 7) is 4.03. The van der Waals surface area contributed by atoms with Gasteiger partial charge in [0.05, 0.1) is 6.61 Å². The van der Waals surface area contributed by atoms with Gasteiger partial charge in [-0.25, -0.2) is 9.97 Å². The van der Waals surface area contributed by atoms with Crippen LogP contribution in [0.1, 0.15) is 25.3 Å². The van der Waals surface area contributed by atoms with Crippen molar-refractivity contribution in [2.24, 2.45) is 0 Å². The third-order valence-electron chi connectivity index (χ3n) is 4.77. The second-order valence-electron chi connectivity index (χ2n) is 7.20. The van der Waals surface area contributed by atoms with Crippen molar-refractivity contribution in [3.8, 4) is 0 Å². The zero-order chi connectivity index (χ0) is 20.1. The lowest BCUT2D eigenvalue weighted by Crippen LogP contribution is -2.35. The van der Waals surface area contributed by atoms with Crippen molar-refractivity contribution < 1.29 is 5.11 Å². The summed E-state index contributed by atoms with van der Waals surface area (Å²) in [5, 5.41) is 21.3. The molecule has 1 fully saturated rings. The van der Waals surface area contributed by atoms with Crippen LogP contribution in [0.15, 0.2) is 35.5 Å². The average Bonchev–Trinajstić information content (AvgIpc) is 3.16. The monoisotopic (exact) mass is 430 g/mol. The highest BCUT2D eigenvalue weighted by Crippen LogP contribution is 2.33. The molecule has 1 atom stereocenters. The lowest BCUT2D eigenvalue weighted by Gasteiger charge is -2.23. The summed E-state index contributed by atoms with van der Waals surface area (Å²) in [5.74, 6) is 1.54. The van der Waals surface area contributed by atoms with E-state index >= 15 is 0 Å². The third-order valence-corrected chi connectivity index (χ3v) is 6.67. The highest BCUT2D eigenvalue weighted by atomic mass is 32.2. The topological polar surface area (TPSA) is 95.0 Å². The van der Waals surface area contributed by atoms with E-state index in [2.05, 4.69) is 28.1 Å². The molecule has 29 heavy (non-hydrogen) atoms. The van der Waals surface area contributed by atoms with Crippen molar-refractivity contribution in [1.29, 1.82) is 0 Å². The fraction of sp³-hybridized carbons (Fsp3) is 0.450. The Labute approximate surface area is 178 Å².